The largest absolute Gasteiger partial charge is 0.457 e. The number of halogens is 3. The molecule has 0 bridgehead atoms. The lowest BCUT2D eigenvalue weighted by Crippen LogP contribution is -1.88. The molecule has 6 heteroatoms. The van der Waals surface area contributed by atoms with E-state index in [2.05, 4.69) is 0 Å². The number of allylic oxidation sites excluding steroid dienone is 1. The molecule has 0 unspecified atom stereocenters. The highest BCUT2D eigenvalue weighted by Crippen LogP contribution is 2.34. The van der Waals surface area contributed by atoms with Crippen LogP contribution in [0.3, 0.4) is 0 Å². The second-order valence-electron chi connectivity index (χ2n) is 4.60. The maximum absolute atomic E-state index is 12.0. The molecule has 2 aromatic heterocycles. The summed E-state index contributed by atoms with van der Waals surface area (Å²) >= 11 is 19.2. The van der Waals surface area contributed by atoms with Gasteiger partial charge in [-0.05, 0) is 48.6 Å². The van der Waals surface area contributed by atoms with Crippen LogP contribution in [0.15, 0.2) is 53.0 Å². The monoisotopic (exact) mass is 382 g/mol. The van der Waals surface area contributed by atoms with Crippen LogP contribution in [-0.2, 0) is 0 Å². The SMILES string of the molecule is O=C(C=Cc1ccc(-c2cccc(Cl)c2Cl)o1)c1ccc(Cl)s1. The highest BCUT2D eigenvalue weighted by molar-refractivity contribution is 7.18. The van der Waals surface area contributed by atoms with E-state index in [1.165, 1.54) is 17.4 Å². The van der Waals surface area contributed by atoms with Crippen molar-refractivity contribution in [3.63, 3.8) is 0 Å². The van der Waals surface area contributed by atoms with E-state index in [4.69, 9.17) is 39.2 Å². The van der Waals surface area contributed by atoms with Gasteiger partial charge in [-0.2, -0.15) is 0 Å². The Bertz CT molecular complexity index is 893. The Morgan fingerprint density at radius 1 is 1.04 bits per heavy atom. The molecule has 3 aromatic rings. The average molecular weight is 384 g/mol. The van der Waals surface area contributed by atoms with Crippen molar-refractivity contribution in [2.45, 2.75) is 0 Å². The lowest BCUT2D eigenvalue weighted by Gasteiger charge is -2.01. The quantitative estimate of drug-likeness (QED) is 0.363. The van der Waals surface area contributed by atoms with E-state index in [9.17, 15) is 4.79 Å². The molecule has 0 amide bonds. The van der Waals surface area contributed by atoms with Crippen molar-refractivity contribution in [3.8, 4) is 11.3 Å². The molecule has 0 aliphatic rings. The van der Waals surface area contributed by atoms with Crippen molar-refractivity contribution < 1.29 is 9.21 Å². The molecule has 1 aromatic carbocycles. The van der Waals surface area contributed by atoms with Gasteiger partial charge in [0.1, 0.15) is 11.5 Å². The van der Waals surface area contributed by atoms with Gasteiger partial charge >= 0.3 is 0 Å². The van der Waals surface area contributed by atoms with Crippen LogP contribution in [0.5, 0.6) is 0 Å². The summed E-state index contributed by atoms with van der Waals surface area (Å²) in [6.45, 7) is 0. The number of benzene rings is 1. The fraction of sp³-hybridized carbons (Fsp3) is 0. The van der Waals surface area contributed by atoms with Gasteiger partial charge in [0.2, 0.25) is 0 Å². The Balaban J connectivity index is 1.81. The second kappa shape index (κ2) is 6.93. The van der Waals surface area contributed by atoms with Crippen molar-refractivity contribution in [2.24, 2.45) is 0 Å². The predicted octanol–water partition coefficient (Wildman–Crippen LogP) is 6.86. The lowest BCUT2D eigenvalue weighted by atomic mass is 10.2. The predicted molar refractivity (Wildman–Crippen MR) is 96.9 cm³/mol. The average Bonchev–Trinajstić information content (AvgIpc) is 3.17. The first-order valence-corrected chi connectivity index (χ1v) is 8.51. The third-order valence-corrected chi connectivity index (χ3v) is 5.12. The van der Waals surface area contributed by atoms with Crippen molar-refractivity contribution in [3.05, 3.63) is 73.6 Å². The third-order valence-electron chi connectivity index (χ3n) is 3.06. The van der Waals surface area contributed by atoms with E-state index in [1.54, 1.807) is 42.5 Å². The summed E-state index contributed by atoms with van der Waals surface area (Å²) in [6.07, 6.45) is 3.06. The number of carbonyl (C=O) groups is 1. The molecule has 3 rings (SSSR count). The summed E-state index contributed by atoms with van der Waals surface area (Å²) in [5.74, 6) is 1.01. The number of ketones is 1. The minimum absolute atomic E-state index is 0.124. The standard InChI is InChI=1S/C17H9Cl3O2S/c18-12-3-1-2-11(17(12)20)14-7-5-10(22-14)4-6-13(21)15-8-9-16(19)23-15/h1-9H. The van der Waals surface area contributed by atoms with Crippen LogP contribution >= 0.6 is 46.1 Å². The highest BCUT2D eigenvalue weighted by atomic mass is 35.5. The maximum atomic E-state index is 12.0. The molecule has 23 heavy (non-hydrogen) atoms. The second-order valence-corrected chi connectivity index (χ2v) is 7.10. The van der Waals surface area contributed by atoms with Crippen LogP contribution in [0, 0.1) is 0 Å². The van der Waals surface area contributed by atoms with E-state index in [0.717, 1.165) is 0 Å². The fourth-order valence-electron chi connectivity index (χ4n) is 1.97. The highest BCUT2D eigenvalue weighted by Gasteiger charge is 2.10. The van der Waals surface area contributed by atoms with Crippen LogP contribution in [0.1, 0.15) is 15.4 Å². The van der Waals surface area contributed by atoms with E-state index in [0.29, 0.717) is 36.3 Å². The van der Waals surface area contributed by atoms with Gasteiger partial charge in [-0.3, -0.25) is 4.79 Å². The molecule has 0 aliphatic heterocycles. The first-order valence-electron chi connectivity index (χ1n) is 6.56. The van der Waals surface area contributed by atoms with E-state index in [-0.39, 0.29) is 5.78 Å². The third kappa shape index (κ3) is 3.70. The van der Waals surface area contributed by atoms with Crippen LogP contribution in [-0.4, -0.2) is 5.78 Å². The van der Waals surface area contributed by atoms with E-state index >= 15 is 0 Å². The maximum Gasteiger partial charge on any atom is 0.195 e. The summed E-state index contributed by atoms with van der Waals surface area (Å²) in [5.41, 5.74) is 0.704. The molecule has 0 N–H and O–H groups in total. The van der Waals surface area contributed by atoms with E-state index < -0.39 is 0 Å². The molecular weight excluding hydrogens is 375 g/mol. The molecular formula is C17H9Cl3O2S. The first-order chi connectivity index (χ1) is 11.0. The summed E-state index contributed by atoms with van der Waals surface area (Å²) in [5, 5.41) is 0.894. The van der Waals surface area contributed by atoms with Crippen LogP contribution in [0.4, 0.5) is 0 Å². The zero-order valence-electron chi connectivity index (χ0n) is 11.6. The van der Waals surface area contributed by atoms with Crippen LogP contribution in [0.2, 0.25) is 14.4 Å². The Morgan fingerprint density at radius 3 is 2.61 bits per heavy atom. The fourth-order valence-corrected chi connectivity index (χ4v) is 3.32. The number of hydrogen-bond donors (Lipinski definition) is 0. The zero-order valence-corrected chi connectivity index (χ0v) is 14.6. The Morgan fingerprint density at radius 2 is 1.87 bits per heavy atom. The first kappa shape index (κ1) is 16.3. The number of rotatable bonds is 4. The Hall–Kier alpha value is -1.52. The molecule has 116 valence electrons. The van der Waals surface area contributed by atoms with Crippen LogP contribution in [0.25, 0.3) is 17.4 Å². The van der Waals surface area contributed by atoms with E-state index in [1.807, 2.05) is 6.07 Å². The number of thiophene rings is 1. The molecule has 2 heterocycles. The van der Waals surface area contributed by atoms with Crippen molar-refractivity contribution >= 4 is 58.0 Å². The van der Waals surface area contributed by atoms with Crippen molar-refractivity contribution in [1.82, 2.24) is 0 Å². The number of furan rings is 1. The summed E-state index contributed by atoms with van der Waals surface area (Å²) < 4.78 is 6.27. The van der Waals surface area contributed by atoms with Gasteiger partial charge in [0.15, 0.2) is 5.78 Å². The topological polar surface area (TPSA) is 30.2 Å². The van der Waals surface area contributed by atoms with Crippen molar-refractivity contribution in [2.75, 3.05) is 0 Å². The van der Waals surface area contributed by atoms with Crippen LogP contribution < -0.4 is 0 Å². The van der Waals surface area contributed by atoms with Gasteiger partial charge in [0, 0.05) is 5.56 Å². The normalized spacial score (nSPS) is 11.3. The molecule has 0 radical (unpaired) electrons. The van der Waals surface area contributed by atoms with Crippen molar-refractivity contribution in [1.29, 1.82) is 0 Å². The summed E-state index contributed by atoms with van der Waals surface area (Å²) in [6, 6.07) is 12.3. The molecule has 0 fully saturated rings. The molecule has 0 spiro atoms. The molecule has 0 saturated carbocycles. The lowest BCUT2D eigenvalue weighted by molar-refractivity contribution is 0.105. The van der Waals surface area contributed by atoms with Gasteiger partial charge in [-0.1, -0.05) is 40.9 Å². The van der Waals surface area contributed by atoms with Gasteiger partial charge < -0.3 is 4.42 Å². The van der Waals surface area contributed by atoms with Gasteiger partial charge in [0.25, 0.3) is 0 Å². The Labute approximate surface area is 151 Å². The smallest absolute Gasteiger partial charge is 0.195 e. The molecule has 0 atom stereocenters. The summed E-state index contributed by atoms with van der Waals surface area (Å²) in [4.78, 5) is 12.6. The minimum Gasteiger partial charge on any atom is -0.457 e. The summed E-state index contributed by atoms with van der Waals surface area (Å²) in [7, 11) is 0. The van der Waals surface area contributed by atoms with Gasteiger partial charge in [-0.25, -0.2) is 0 Å². The molecule has 0 saturated heterocycles. The van der Waals surface area contributed by atoms with Gasteiger partial charge in [-0.15, -0.1) is 11.3 Å². The molecule has 0 aliphatic carbocycles. The van der Waals surface area contributed by atoms with Gasteiger partial charge in [0.05, 0.1) is 19.3 Å². The minimum atomic E-state index is -0.124. The zero-order chi connectivity index (χ0) is 16.4. The Kier molecular flexibility index (Phi) is 4.93. The number of hydrogen-bond acceptors (Lipinski definition) is 3. The number of carbonyl (C=O) groups excluding carboxylic acids is 1. The molecule has 2 nitrogen and oxygen atoms in total.